The molecule has 3 heteroatoms. The van der Waals surface area contributed by atoms with Crippen LogP contribution < -0.4 is 15.0 Å². The van der Waals surface area contributed by atoms with Crippen LogP contribution in [0.25, 0.3) is 0 Å². The topological polar surface area (TPSA) is 24.5 Å². The van der Waals surface area contributed by atoms with E-state index >= 15 is 0 Å². The molecule has 1 rings (SSSR count). The Balaban J connectivity index is 2.48. The van der Waals surface area contributed by atoms with E-state index in [1.807, 2.05) is 26.0 Å². The van der Waals surface area contributed by atoms with Crippen LogP contribution in [0.5, 0.6) is 5.75 Å². The second kappa shape index (κ2) is 7.17. The third-order valence-corrected chi connectivity index (χ3v) is 2.52. The van der Waals surface area contributed by atoms with Gasteiger partial charge in [0, 0.05) is 25.8 Å². The Bertz CT molecular complexity index is 309. The highest BCUT2D eigenvalue weighted by Gasteiger charge is 2.01. The Morgan fingerprint density at radius 2 is 1.88 bits per heavy atom. The Labute approximate surface area is 105 Å². The summed E-state index contributed by atoms with van der Waals surface area (Å²) in [7, 11) is 2.11. The van der Waals surface area contributed by atoms with E-state index in [1.165, 1.54) is 5.69 Å². The first-order valence-corrected chi connectivity index (χ1v) is 6.32. The first-order valence-electron chi connectivity index (χ1n) is 6.32. The number of likely N-dealkylation sites (N-methyl/N-ethyl adjacent to an activating group) is 2. The van der Waals surface area contributed by atoms with Gasteiger partial charge in [-0.25, -0.2) is 0 Å². The van der Waals surface area contributed by atoms with Gasteiger partial charge in [-0.05, 0) is 44.7 Å². The van der Waals surface area contributed by atoms with Gasteiger partial charge < -0.3 is 15.0 Å². The quantitative estimate of drug-likeness (QED) is 0.736. The van der Waals surface area contributed by atoms with Gasteiger partial charge in [-0.1, -0.05) is 6.92 Å². The minimum Gasteiger partial charge on any atom is -0.491 e. The summed E-state index contributed by atoms with van der Waals surface area (Å²) in [6.45, 7) is 9.25. The molecule has 0 spiro atoms. The molecular formula is C14H24N2O. The van der Waals surface area contributed by atoms with Crippen LogP contribution in [0.15, 0.2) is 24.3 Å². The van der Waals surface area contributed by atoms with Gasteiger partial charge in [-0.15, -0.1) is 0 Å². The van der Waals surface area contributed by atoms with Crippen molar-refractivity contribution in [2.24, 2.45) is 0 Å². The lowest BCUT2D eigenvalue weighted by Gasteiger charge is -2.20. The fourth-order valence-electron chi connectivity index (χ4n) is 1.60. The van der Waals surface area contributed by atoms with Gasteiger partial charge in [0.15, 0.2) is 0 Å². The number of nitrogens with one attached hydrogen (secondary N) is 1. The maximum absolute atomic E-state index is 5.62. The summed E-state index contributed by atoms with van der Waals surface area (Å²) in [6, 6.07) is 8.26. The second-order valence-corrected chi connectivity index (χ2v) is 4.44. The summed E-state index contributed by atoms with van der Waals surface area (Å²) in [5, 5.41) is 3.32. The van der Waals surface area contributed by atoms with Gasteiger partial charge in [0.25, 0.3) is 0 Å². The highest BCUT2D eigenvalue weighted by molar-refractivity contribution is 5.48. The first-order chi connectivity index (χ1) is 8.13. The van der Waals surface area contributed by atoms with Crippen molar-refractivity contribution in [1.29, 1.82) is 0 Å². The molecule has 0 bridgehead atoms. The van der Waals surface area contributed by atoms with E-state index in [-0.39, 0.29) is 6.10 Å². The number of hydrogen-bond donors (Lipinski definition) is 1. The molecule has 3 nitrogen and oxygen atoms in total. The van der Waals surface area contributed by atoms with Gasteiger partial charge in [0.2, 0.25) is 0 Å². The largest absolute Gasteiger partial charge is 0.491 e. The van der Waals surface area contributed by atoms with Crippen molar-refractivity contribution in [2.75, 3.05) is 31.6 Å². The number of rotatable bonds is 7. The van der Waals surface area contributed by atoms with Crippen LogP contribution in [0.2, 0.25) is 0 Å². The van der Waals surface area contributed by atoms with Gasteiger partial charge in [0.1, 0.15) is 5.75 Å². The van der Waals surface area contributed by atoms with E-state index in [0.29, 0.717) is 0 Å². The highest BCUT2D eigenvalue weighted by atomic mass is 16.5. The van der Waals surface area contributed by atoms with Crippen LogP contribution in [-0.2, 0) is 0 Å². The summed E-state index contributed by atoms with van der Waals surface area (Å²) in [5.74, 6) is 0.934. The molecule has 0 atom stereocenters. The van der Waals surface area contributed by atoms with Gasteiger partial charge in [0.05, 0.1) is 6.10 Å². The molecule has 1 N–H and O–H groups in total. The molecule has 0 saturated carbocycles. The SMILES string of the molecule is CCNCCN(C)c1ccc(OC(C)C)cc1. The predicted octanol–water partition coefficient (Wildman–Crippen LogP) is 2.52. The van der Waals surface area contributed by atoms with Crippen LogP contribution in [0.4, 0.5) is 5.69 Å². The van der Waals surface area contributed by atoms with Gasteiger partial charge in [-0.2, -0.15) is 0 Å². The molecule has 0 amide bonds. The lowest BCUT2D eigenvalue weighted by Crippen LogP contribution is -2.28. The van der Waals surface area contributed by atoms with Crippen LogP contribution in [0.3, 0.4) is 0 Å². The molecule has 0 radical (unpaired) electrons. The lowest BCUT2D eigenvalue weighted by atomic mass is 10.2. The van der Waals surface area contributed by atoms with Crippen molar-refractivity contribution in [3.05, 3.63) is 24.3 Å². The van der Waals surface area contributed by atoms with E-state index in [2.05, 4.69) is 36.3 Å². The third-order valence-electron chi connectivity index (χ3n) is 2.52. The number of ether oxygens (including phenoxy) is 1. The molecule has 1 aromatic rings. The second-order valence-electron chi connectivity index (χ2n) is 4.44. The highest BCUT2D eigenvalue weighted by Crippen LogP contribution is 2.19. The third kappa shape index (κ3) is 5.09. The molecule has 96 valence electrons. The molecule has 0 aliphatic rings. The summed E-state index contributed by atoms with van der Waals surface area (Å²) in [5.41, 5.74) is 1.22. The van der Waals surface area contributed by atoms with Gasteiger partial charge >= 0.3 is 0 Å². The Kier molecular flexibility index (Phi) is 5.84. The molecule has 17 heavy (non-hydrogen) atoms. The number of benzene rings is 1. The van der Waals surface area contributed by atoms with Crippen molar-refractivity contribution in [3.63, 3.8) is 0 Å². The zero-order valence-corrected chi connectivity index (χ0v) is 11.4. The zero-order chi connectivity index (χ0) is 12.7. The maximum Gasteiger partial charge on any atom is 0.119 e. The smallest absolute Gasteiger partial charge is 0.119 e. The Hall–Kier alpha value is -1.22. The standard InChI is InChI=1S/C14H24N2O/c1-5-15-10-11-16(4)13-6-8-14(9-7-13)17-12(2)3/h6-9,12,15H,5,10-11H2,1-4H3. The summed E-state index contributed by atoms with van der Waals surface area (Å²) < 4.78 is 5.62. The van der Waals surface area contributed by atoms with E-state index < -0.39 is 0 Å². The summed E-state index contributed by atoms with van der Waals surface area (Å²) >= 11 is 0. The van der Waals surface area contributed by atoms with Crippen molar-refractivity contribution < 1.29 is 4.74 Å². The van der Waals surface area contributed by atoms with Crippen molar-refractivity contribution >= 4 is 5.69 Å². The zero-order valence-electron chi connectivity index (χ0n) is 11.4. The lowest BCUT2D eigenvalue weighted by molar-refractivity contribution is 0.242. The molecule has 0 aliphatic carbocycles. The summed E-state index contributed by atoms with van der Waals surface area (Å²) in [6.07, 6.45) is 0.229. The fourth-order valence-corrected chi connectivity index (χ4v) is 1.60. The molecule has 0 saturated heterocycles. The molecule has 0 aliphatic heterocycles. The minimum absolute atomic E-state index is 0.229. The van der Waals surface area contributed by atoms with Crippen LogP contribution in [0, 0.1) is 0 Å². The molecule has 0 aromatic heterocycles. The van der Waals surface area contributed by atoms with Gasteiger partial charge in [-0.3, -0.25) is 0 Å². The molecule has 0 heterocycles. The van der Waals surface area contributed by atoms with E-state index in [1.54, 1.807) is 0 Å². The Morgan fingerprint density at radius 3 is 2.41 bits per heavy atom. The number of nitrogens with zero attached hydrogens (tertiary/aromatic N) is 1. The van der Waals surface area contributed by atoms with E-state index in [9.17, 15) is 0 Å². The van der Waals surface area contributed by atoms with Crippen LogP contribution >= 0.6 is 0 Å². The minimum atomic E-state index is 0.229. The van der Waals surface area contributed by atoms with E-state index in [4.69, 9.17) is 4.74 Å². The monoisotopic (exact) mass is 236 g/mol. The van der Waals surface area contributed by atoms with Crippen LogP contribution in [0.1, 0.15) is 20.8 Å². The van der Waals surface area contributed by atoms with E-state index in [0.717, 1.165) is 25.4 Å². The first kappa shape index (κ1) is 13.8. The van der Waals surface area contributed by atoms with Crippen LogP contribution in [-0.4, -0.2) is 32.8 Å². The average molecular weight is 236 g/mol. The summed E-state index contributed by atoms with van der Waals surface area (Å²) in [4.78, 5) is 2.24. The normalized spacial score (nSPS) is 10.6. The van der Waals surface area contributed by atoms with Crippen molar-refractivity contribution in [3.8, 4) is 5.75 Å². The Morgan fingerprint density at radius 1 is 1.24 bits per heavy atom. The molecular weight excluding hydrogens is 212 g/mol. The van der Waals surface area contributed by atoms with Crippen molar-refractivity contribution in [1.82, 2.24) is 5.32 Å². The number of anilines is 1. The maximum atomic E-state index is 5.62. The average Bonchev–Trinajstić information content (AvgIpc) is 2.29. The predicted molar refractivity (Wildman–Crippen MR) is 74.0 cm³/mol. The molecule has 0 fully saturated rings. The molecule has 1 aromatic carbocycles. The molecule has 0 unspecified atom stereocenters. The number of hydrogen-bond acceptors (Lipinski definition) is 3. The van der Waals surface area contributed by atoms with Crippen molar-refractivity contribution in [2.45, 2.75) is 26.9 Å². The fraction of sp³-hybridized carbons (Fsp3) is 0.571.